The molecule has 0 spiro atoms. The maximum Gasteiger partial charge on any atom is 0.155 e. The van der Waals surface area contributed by atoms with Gasteiger partial charge in [0.15, 0.2) is 5.78 Å². The van der Waals surface area contributed by atoms with Crippen molar-refractivity contribution in [2.45, 2.75) is 47.0 Å². The monoisotopic (exact) mass is 196 g/mol. The van der Waals surface area contributed by atoms with Crippen LogP contribution in [0.4, 0.5) is 0 Å². The number of Topliss-reactive ketones (excluding diaryl/α,β-unsaturated/α-hetero) is 1. The third-order valence-electron chi connectivity index (χ3n) is 2.59. The van der Waals surface area contributed by atoms with Crippen molar-refractivity contribution in [1.29, 1.82) is 0 Å². The minimum atomic E-state index is -0.282. The molecule has 2 heteroatoms. The Morgan fingerprint density at radius 2 is 1.79 bits per heavy atom. The lowest BCUT2D eigenvalue weighted by molar-refractivity contribution is -0.129. The second kappa shape index (κ2) is 5.74. The Morgan fingerprint density at radius 1 is 1.21 bits per heavy atom. The minimum absolute atomic E-state index is 0.0350. The van der Waals surface area contributed by atoms with E-state index >= 15 is 0 Å². The molecule has 0 N–H and O–H groups in total. The standard InChI is InChI=1S/C12H20O2/c1-5-7-10(13)8-9-11(14)12(3,4)6-2/h5,7H,6,8-9H2,1-4H3/b7-5+. The molecule has 0 fully saturated rings. The van der Waals surface area contributed by atoms with Gasteiger partial charge in [0.25, 0.3) is 0 Å². The number of hydrogen-bond donors (Lipinski definition) is 0. The molecule has 80 valence electrons. The Bertz CT molecular complexity index is 237. The van der Waals surface area contributed by atoms with Gasteiger partial charge in [-0.1, -0.05) is 26.8 Å². The van der Waals surface area contributed by atoms with Crippen LogP contribution in [0.3, 0.4) is 0 Å². The largest absolute Gasteiger partial charge is 0.299 e. The maximum atomic E-state index is 11.6. The quantitative estimate of drug-likeness (QED) is 0.612. The van der Waals surface area contributed by atoms with Crippen molar-refractivity contribution in [3.8, 4) is 0 Å². The molecule has 14 heavy (non-hydrogen) atoms. The van der Waals surface area contributed by atoms with Gasteiger partial charge in [-0.2, -0.15) is 0 Å². The van der Waals surface area contributed by atoms with Gasteiger partial charge >= 0.3 is 0 Å². The molecule has 0 aliphatic rings. The maximum absolute atomic E-state index is 11.6. The smallest absolute Gasteiger partial charge is 0.155 e. The van der Waals surface area contributed by atoms with E-state index in [1.807, 2.05) is 20.8 Å². The van der Waals surface area contributed by atoms with Gasteiger partial charge in [-0.3, -0.25) is 9.59 Å². The zero-order valence-electron chi connectivity index (χ0n) is 9.59. The van der Waals surface area contributed by atoms with Crippen molar-refractivity contribution in [1.82, 2.24) is 0 Å². The number of carbonyl (C=O) groups excluding carboxylic acids is 2. The van der Waals surface area contributed by atoms with Crippen LogP contribution in [0.2, 0.25) is 0 Å². The van der Waals surface area contributed by atoms with Crippen LogP contribution < -0.4 is 0 Å². The van der Waals surface area contributed by atoms with Crippen LogP contribution in [0.5, 0.6) is 0 Å². The van der Waals surface area contributed by atoms with Crippen LogP contribution in [0.1, 0.15) is 47.0 Å². The molecule has 0 aromatic rings. The van der Waals surface area contributed by atoms with Crippen LogP contribution in [0.15, 0.2) is 12.2 Å². The molecular weight excluding hydrogens is 176 g/mol. The first-order valence-corrected chi connectivity index (χ1v) is 5.13. The average molecular weight is 196 g/mol. The second-order valence-corrected chi connectivity index (χ2v) is 4.13. The molecule has 0 atom stereocenters. The van der Waals surface area contributed by atoms with Gasteiger partial charge in [-0.15, -0.1) is 0 Å². The molecule has 0 unspecified atom stereocenters. The normalized spacial score (nSPS) is 12.0. The molecule has 0 aromatic carbocycles. The number of ketones is 2. The molecule has 0 radical (unpaired) electrons. The fourth-order valence-electron chi connectivity index (χ4n) is 1.04. The molecule has 0 bridgehead atoms. The van der Waals surface area contributed by atoms with Crippen molar-refractivity contribution >= 4 is 11.6 Å². The molecule has 0 aliphatic heterocycles. The summed E-state index contributed by atoms with van der Waals surface area (Å²) in [6.45, 7) is 7.65. The van der Waals surface area contributed by atoms with Gasteiger partial charge in [0.05, 0.1) is 0 Å². The second-order valence-electron chi connectivity index (χ2n) is 4.13. The SMILES string of the molecule is C/C=C/C(=O)CCC(=O)C(C)(C)CC. The first kappa shape index (κ1) is 13.1. The highest BCUT2D eigenvalue weighted by molar-refractivity contribution is 5.94. The Hall–Kier alpha value is -0.920. The van der Waals surface area contributed by atoms with E-state index in [0.717, 1.165) is 6.42 Å². The van der Waals surface area contributed by atoms with Crippen LogP contribution in [-0.2, 0) is 9.59 Å². The fourth-order valence-corrected chi connectivity index (χ4v) is 1.04. The molecule has 0 saturated carbocycles. The number of rotatable bonds is 6. The van der Waals surface area contributed by atoms with Crippen LogP contribution in [-0.4, -0.2) is 11.6 Å². The molecule has 0 heterocycles. The lowest BCUT2D eigenvalue weighted by atomic mass is 9.83. The van der Waals surface area contributed by atoms with E-state index in [9.17, 15) is 9.59 Å². The first-order chi connectivity index (χ1) is 6.44. The summed E-state index contributed by atoms with van der Waals surface area (Å²) in [5, 5.41) is 0. The molecule has 0 amide bonds. The van der Waals surface area contributed by atoms with Crippen LogP contribution >= 0.6 is 0 Å². The third kappa shape index (κ3) is 4.35. The van der Waals surface area contributed by atoms with Gasteiger partial charge in [-0.25, -0.2) is 0 Å². The van der Waals surface area contributed by atoms with E-state index in [-0.39, 0.29) is 17.0 Å². The zero-order chi connectivity index (χ0) is 11.2. The average Bonchev–Trinajstić information content (AvgIpc) is 2.14. The van der Waals surface area contributed by atoms with E-state index in [1.165, 1.54) is 6.08 Å². The van der Waals surface area contributed by atoms with E-state index in [0.29, 0.717) is 12.8 Å². The Balaban J connectivity index is 4.03. The van der Waals surface area contributed by atoms with Crippen molar-refractivity contribution < 1.29 is 9.59 Å². The van der Waals surface area contributed by atoms with Crippen molar-refractivity contribution in [2.24, 2.45) is 5.41 Å². The third-order valence-corrected chi connectivity index (χ3v) is 2.59. The molecule has 0 aromatic heterocycles. The van der Waals surface area contributed by atoms with E-state index in [2.05, 4.69) is 0 Å². The summed E-state index contributed by atoms with van der Waals surface area (Å²) in [7, 11) is 0. The van der Waals surface area contributed by atoms with Gasteiger partial charge in [-0.05, 0) is 19.4 Å². The number of hydrogen-bond acceptors (Lipinski definition) is 2. The van der Waals surface area contributed by atoms with Crippen LogP contribution in [0, 0.1) is 5.41 Å². The van der Waals surface area contributed by atoms with E-state index < -0.39 is 0 Å². The lowest BCUT2D eigenvalue weighted by Gasteiger charge is -2.20. The van der Waals surface area contributed by atoms with Crippen molar-refractivity contribution in [3.63, 3.8) is 0 Å². The molecule has 0 rings (SSSR count). The summed E-state index contributed by atoms with van der Waals surface area (Å²) >= 11 is 0. The van der Waals surface area contributed by atoms with Crippen molar-refractivity contribution in [3.05, 3.63) is 12.2 Å². The number of allylic oxidation sites excluding steroid dienone is 2. The highest BCUT2D eigenvalue weighted by atomic mass is 16.1. The summed E-state index contributed by atoms with van der Waals surface area (Å²) in [5.74, 6) is 0.214. The van der Waals surface area contributed by atoms with Gasteiger partial charge in [0, 0.05) is 18.3 Å². The fraction of sp³-hybridized carbons (Fsp3) is 0.667. The molecular formula is C12H20O2. The first-order valence-electron chi connectivity index (χ1n) is 5.13. The Kier molecular flexibility index (Phi) is 5.36. The summed E-state index contributed by atoms with van der Waals surface area (Å²) in [5.41, 5.74) is -0.282. The van der Waals surface area contributed by atoms with Crippen molar-refractivity contribution in [2.75, 3.05) is 0 Å². The minimum Gasteiger partial charge on any atom is -0.299 e. The molecule has 2 nitrogen and oxygen atoms in total. The van der Waals surface area contributed by atoms with E-state index in [1.54, 1.807) is 13.0 Å². The Morgan fingerprint density at radius 3 is 2.21 bits per heavy atom. The van der Waals surface area contributed by atoms with Gasteiger partial charge in [0.1, 0.15) is 5.78 Å². The molecule has 0 aliphatic carbocycles. The summed E-state index contributed by atoms with van der Waals surface area (Å²) < 4.78 is 0. The summed E-state index contributed by atoms with van der Waals surface area (Å²) in [6, 6.07) is 0. The van der Waals surface area contributed by atoms with E-state index in [4.69, 9.17) is 0 Å². The van der Waals surface area contributed by atoms with Gasteiger partial charge in [0.2, 0.25) is 0 Å². The number of carbonyl (C=O) groups is 2. The summed E-state index contributed by atoms with van der Waals surface area (Å²) in [6.07, 6.45) is 4.75. The highest BCUT2D eigenvalue weighted by Crippen LogP contribution is 2.23. The molecule has 0 saturated heterocycles. The summed E-state index contributed by atoms with van der Waals surface area (Å²) in [4.78, 5) is 22.8. The lowest BCUT2D eigenvalue weighted by Crippen LogP contribution is -2.23. The topological polar surface area (TPSA) is 34.1 Å². The predicted octanol–water partition coefficient (Wildman–Crippen LogP) is 2.92. The van der Waals surface area contributed by atoms with Crippen LogP contribution in [0.25, 0.3) is 0 Å². The highest BCUT2D eigenvalue weighted by Gasteiger charge is 2.24. The van der Waals surface area contributed by atoms with Gasteiger partial charge < -0.3 is 0 Å². The Labute approximate surface area is 86.4 Å². The predicted molar refractivity (Wildman–Crippen MR) is 58.1 cm³/mol. The zero-order valence-corrected chi connectivity index (χ0v) is 9.59.